The molecule has 132 valence electrons. The molecule has 0 spiro atoms. The molecule has 0 bridgehead atoms. The van der Waals surface area contributed by atoms with Gasteiger partial charge in [-0.2, -0.15) is 0 Å². The van der Waals surface area contributed by atoms with Crippen LogP contribution in [0.4, 0.5) is 5.69 Å². The van der Waals surface area contributed by atoms with Crippen LogP contribution in [-0.4, -0.2) is 54.7 Å². The number of pyridine rings is 1. The monoisotopic (exact) mass is 341 g/mol. The molecule has 1 unspecified atom stereocenters. The van der Waals surface area contributed by atoms with Crippen molar-refractivity contribution in [3.8, 4) is 5.75 Å². The molecule has 0 fully saturated rings. The topological polar surface area (TPSA) is 86.6 Å². The number of para-hydroxylation sites is 1. The van der Waals surface area contributed by atoms with Crippen molar-refractivity contribution in [2.24, 2.45) is 0 Å². The Hall–Kier alpha value is -2.41. The maximum atomic E-state index is 9.36. The van der Waals surface area contributed by atoms with Crippen LogP contribution in [0.15, 0.2) is 42.5 Å². The average Bonchev–Trinajstić information content (AvgIpc) is 2.66. The van der Waals surface area contributed by atoms with Gasteiger partial charge in [0, 0.05) is 30.4 Å². The molecule has 0 saturated heterocycles. The third-order valence-electron chi connectivity index (χ3n) is 4.08. The highest BCUT2D eigenvalue weighted by Gasteiger charge is 2.10. The molecule has 25 heavy (non-hydrogen) atoms. The third kappa shape index (κ3) is 3.99. The number of rotatable bonds is 8. The van der Waals surface area contributed by atoms with Crippen molar-refractivity contribution in [3.05, 3.63) is 42.5 Å². The molecule has 1 aromatic heterocycles. The Morgan fingerprint density at radius 1 is 1.08 bits per heavy atom. The standard InChI is InChI=1S/C19H23N3O3/c1-25-14-6-7-18-16(10-14)19(15-4-2-3-5-17(15)22-18)21-9-8-20-11-13(24)12-23/h2-7,10,13,20,23-24H,8-9,11-12H2,1H3,(H,21,22). The van der Waals surface area contributed by atoms with Crippen molar-refractivity contribution < 1.29 is 14.9 Å². The predicted molar refractivity (Wildman–Crippen MR) is 100 cm³/mol. The lowest BCUT2D eigenvalue weighted by molar-refractivity contribution is 0.0949. The van der Waals surface area contributed by atoms with Gasteiger partial charge in [0.1, 0.15) is 5.75 Å². The lowest BCUT2D eigenvalue weighted by Gasteiger charge is -2.15. The maximum Gasteiger partial charge on any atom is 0.119 e. The van der Waals surface area contributed by atoms with E-state index in [4.69, 9.17) is 14.8 Å². The van der Waals surface area contributed by atoms with Gasteiger partial charge >= 0.3 is 0 Å². The van der Waals surface area contributed by atoms with Crippen molar-refractivity contribution in [2.75, 3.05) is 38.7 Å². The number of hydrogen-bond donors (Lipinski definition) is 4. The molecule has 3 aromatic rings. The fraction of sp³-hybridized carbons (Fsp3) is 0.316. The van der Waals surface area contributed by atoms with Crippen LogP contribution in [0, 0.1) is 0 Å². The molecule has 4 N–H and O–H groups in total. The largest absolute Gasteiger partial charge is 0.497 e. The summed E-state index contributed by atoms with van der Waals surface area (Å²) in [6, 6.07) is 13.9. The Bertz CT molecular complexity index is 854. The molecule has 2 aromatic carbocycles. The minimum absolute atomic E-state index is 0.236. The summed E-state index contributed by atoms with van der Waals surface area (Å²) >= 11 is 0. The van der Waals surface area contributed by atoms with Gasteiger partial charge < -0.3 is 25.6 Å². The van der Waals surface area contributed by atoms with E-state index in [1.807, 2.05) is 42.5 Å². The van der Waals surface area contributed by atoms with Crippen LogP contribution in [0.2, 0.25) is 0 Å². The summed E-state index contributed by atoms with van der Waals surface area (Å²) in [5.74, 6) is 0.789. The van der Waals surface area contributed by atoms with Crippen LogP contribution in [0.1, 0.15) is 0 Å². The number of methoxy groups -OCH3 is 1. The zero-order valence-electron chi connectivity index (χ0n) is 14.2. The number of ether oxygens (including phenoxy) is 1. The van der Waals surface area contributed by atoms with Gasteiger partial charge in [0.15, 0.2) is 0 Å². The second-order valence-electron chi connectivity index (χ2n) is 5.85. The van der Waals surface area contributed by atoms with Crippen molar-refractivity contribution in [2.45, 2.75) is 6.10 Å². The summed E-state index contributed by atoms with van der Waals surface area (Å²) in [6.45, 7) is 1.47. The van der Waals surface area contributed by atoms with Crippen molar-refractivity contribution in [1.82, 2.24) is 10.3 Å². The Morgan fingerprint density at radius 2 is 1.88 bits per heavy atom. The fourth-order valence-electron chi connectivity index (χ4n) is 2.80. The van der Waals surface area contributed by atoms with Crippen LogP contribution in [0.5, 0.6) is 5.75 Å². The van der Waals surface area contributed by atoms with Crippen LogP contribution in [0.25, 0.3) is 21.8 Å². The van der Waals surface area contributed by atoms with E-state index in [1.165, 1.54) is 0 Å². The van der Waals surface area contributed by atoms with E-state index in [0.29, 0.717) is 19.6 Å². The zero-order valence-corrected chi connectivity index (χ0v) is 14.2. The highest BCUT2D eigenvalue weighted by Crippen LogP contribution is 2.32. The summed E-state index contributed by atoms with van der Waals surface area (Å²) in [6.07, 6.45) is -0.730. The van der Waals surface area contributed by atoms with Gasteiger partial charge in [0.25, 0.3) is 0 Å². The van der Waals surface area contributed by atoms with Crippen LogP contribution in [-0.2, 0) is 0 Å². The third-order valence-corrected chi connectivity index (χ3v) is 4.08. The van der Waals surface area contributed by atoms with Crippen molar-refractivity contribution in [3.63, 3.8) is 0 Å². The number of nitrogens with one attached hydrogen (secondary N) is 2. The number of hydrogen-bond acceptors (Lipinski definition) is 6. The van der Waals surface area contributed by atoms with E-state index in [9.17, 15) is 5.11 Å². The molecular weight excluding hydrogens is 318 g/mol. The molecule has 0 aliphatic heterocycles. The Kier molecular flexibility index (Phi) is 5.65. The molecule has 0 amide bonds. The second kappa shape index (κ2) is 8.11. The van der Waals surface area contributed by atoms with E-state index in [0.717, 1.165) is 33.2 Å². The van der Waals surface area contributed by atoms with Gasteiger partial charge in [-0.25, -0.2) is 4.98 Å². The molecule has 6 nitrogen and oxygen atoms in total. The molecule has 1 atom stereocenters. The minimum Gasteiger partial charge on any atom is -0.497 e. The number of aliphatic hydroxyl groups excluding tert-OH is 2. The van der Waals surface area contributed by atoms with E-state index < -0.39 is 6.10 Å². The summed E-state index contributed by atoms with van der Waals surface area (Å²) in [7, 11) is 1.65. The Morgan fingerprint density at radius 3 is 2.68 bits per heavy atom. The summed E-state index contributed by atoms with van der Waals surface area (Å²) < 4.78 is 5.35. The average molecular weight is 341 g/mol. The fourth-order valence-corrected chi connectivity index (χ4v) is 2.80. The van der Waals surface area contributed by atoms with Gasteiger partial charge in [-0.3, -0.25) is 0 Å². The van der Waals surface area contributed by atoms with Crippen LogP contribution < -0.4 is 15.4 Å². The molecule has 6 heteroatoms. The molecule has 0 aliphatic rings. The molecule has 0 saturated carbocycles. The minimum atomic E-state index is -0.730. The summed E-state index contributed by atoms with van der Waals surface area (Å²) in [4.78, 5) is 4.72. The highest BCUT2D eigenvalue weighted by molar-refractivity contribution is 6.07. The number of benzene rings is 2. The molecule has 3 rings (SSSR count). The highest BCUT2D eigenvalue weighted by atomic mass is 16.5. The summed E-state index contributed by atoms with van der Waals surface area (Å²) in [5.41, 5.74) is 2.86. The predicted octanol–water partition coefficient (Wildman–Crippen LogP) is 1.75. The number of aromatic nitrogens is 1. The van der Waals surface area contributed by atoms with E-state index in [-0.39, 0.29) is 6.61 Å². The van der Waals surface area contributed by atoms with Crippen LogP contribution >= 0.6 is 0 Å². The first-order valence-corrected chi connectivity index (χ1v) is 8.33. The smallest absolute Gasteiger partial charge is 0.119 e. The Labute approximate surface area is 146 Å². The lowest BCUT2D eigenvalue weighted by atomic mass is 10.1. The second-order valence-corrected chi connectivity index (χ2v) is 5.85. The first-order chi connectivity index (χ1) is 12.2. The van der Waals surface area contributed by atoms with Gasteiger partial charge in [0.05, 0.1) is 36.5 Å². The molecule has 0 radical (unpaired) electrons. The van der Waals surface area contributed by atoms with Gasteiger partial charge in [-0.15, -0.1) is 0 Å². The molecule has 0 aliphatic carbocycles. The van der Waals surface area contributed by atoms with E-state index in [1.54, 1.807) is 7.11 Å². The van der Waals surface area contributed by atoms with Gasteiger partial charge in [-0.1, -0.05) is 18.2 Å². The first-order valence-electron chi connectivity index (χ1n) is 8.33. The maximum absolute atomic E-state index is 9.36. The van der Waals surface area contributed by atoms with E-state index >= 15 is 0 Å². The normalized spacial score (nSPS) is 12.4. The quantitative estimate of drug-likeness (QED) is 0.369. The van der Waals surface area contributed by atoms with Crippen molar-refractivity contribution >= 4 is 27.5 Å². The lowest BCUT2D eigenvalue weighted by Crippen LogP contribution is -2.32. The zero-order chi connectivity index (χ0) is 17.6. The molecular formula is C19H23N3O3. The van der Waals surface area contributed by atoms with Crippen molar-refractivity contribution in [1.29, 1.82) is 0 Å². The van der Waals surface area contributed by atoms with Crippen LogP contribution in [0.3, 0.4) is 0 Å². The number of fused-ring (bicyclic) bond motifs is 2. The first kappa shape index (κ1) is 17.4. The number of nitrogens with zero attached hydrogens (tertiary/aromatic N) is 1. The number of aliphatic hydroxyl groups is 2. The SMILES string of the molecule is COc1ccc2nc3ccccc3c(NCCNCC(O)CO)c2c1. The summed E-state index contributed by atoms with van der Waals surface area (Å²) in [5, 5.41) is 26.8. The van der Waals surface area contributed by atoms with E-state index in [2.05, 4.69) is 10.6 Å². The Balaban J connectivity index is 1.87. The number of anilines is 1. The van der Waals surface area contributed by atoms with Gasteiger partial charge in [-0.05, 0) is 24.3 Å². The van der Waals surface area contributed by atoms with Gasteiger partial charge in [0.2, 0.25) is 0 Å². The molecule has 1 heterocycles.